The fourth-order valence-corrected chi connectivity index (χ4v) is 4.74. The van der Waals surface area contributed by atoms with Crippen molar-refractivity contribution in [2.45, 2.75) is 70.7 Å². The van der Waals surface area contributed by atoms with Gasteiger partial charge in [-0.3, -0.25) is 19.2 Å². The van der Waals surface area contributed by atoms with E-state index in [2.05, 4.69) is 36.2 Å². The van der Waals surface area contributed by atoms with Crippen molar-refractivity contribution in [3.63, 3.8) is 0 Å². The molecular formula is C29H37N7O6. The molecule has 4 rings (SSSR count). The molecule has 3 aromatic rings. The molecule has 13 nitrogen and oxygen atoms in total. The fourth-order valence-electron chi connectivity index (χ4n) is 4.74. The second-order valence-corrected chi connectivity index (χ2v) is 10.7. The maximum absolute atomic E-state index is 13.5. The number of amides is 4. The normalized spacial score (nSPS) is 21.3. The van der Waals surface area contributed by atoms with Crippen molar-refractivity contribution in [3.05, 3.63) is 60.1 Å². The van der Waals surface area contributed by atoms with Gasteiger partial charge in [-0.15, -0.1) is 0 Å². The van der Waals surface area contributed by atoms with Crippen LogP contribution in [-0.2, 0) is 9.59 Å². The van der Waals surface area contributed by atoms with Gasteiger partial charge in [0.05, 0.1) is 11.7 Å². The Hall–Kier alpha value is -4.52. The Kier molecular flexibility index (Phi) is 10.1. The summed E-state index contributed by atoms with van der Waals surface area (Å²) < 4.78 is 5.54. The molecule has 0 radical (unpaired) electrons. The van der Waals surface area contributed by atoms with Gasteiger partial charge < -0.3 is 35.8 Å². The molecule has 1 aliphatic heterocycles. The fraction of sp³-hybridized carbons (Fsp3) is 0.448. The van der Waals surface area contributed by atoms with Crippen molar-refractivity contribution < 1.29 is 28.7 Å². The van der Waals surface area contributed by atoms with Gasteiger partial charge in [0.1, 0.15) is 30.2 Å². The number of fused-ring (bicyclic) bond motifs is 2. The van der Waals surface area contributed by atoms with Crippen LogP contribution in [0.15, 0.2) is 47.3 Å². The van der Waals surface area contributed by atoms with Crippen LogP contribution >= 0.6 is 0 Å². The zero-order chi connectivity index (χ0) is 30.2. The number of carbonyl (C=O) groups is 4. The van der Waals surface area contributed by atoms with Crippen LogP contribution < -0.4 is 21.3 Å². The third-order valence-corrected chi connectivity index (χ3v) is 6.89. The standard InChI is InChI=1S/C29H37N7O6/c1-16(2)14-21-29-35-22(15-42-29)26(39)32-11-7-6-10-20(27(40)36-23(17(3)37)28(41)34-21)33-25(38)19-9-5-4-8-18(19)24-30-12-13-31-24/h4-5,8-9,12-13,15-17,20-21,23,37H,6-7,10-11,14H2,1-3H3,(H,30,31)(H,32,39)(H,33,38)(H,34,41)(H,36,40)/t17-,20+,21+,23+/m1/s1. The zero-order valence-corrected chi connectivity index (χ0v) is 23.8. The van der Waals surface area contributed by atoms with Gasteiger partial charge in [0.2, 0.25) is 17.7 Å². The van der Waals surface area contributed by atoms with Gasteiger partial charge in [-0.05, 0) is 44.6 Å². The van der Waals surface area contributed by atoms with Crippen molar-refractivity contribution in [3.8, 4) is 11.4 Å². The number of aliphatic hydroxyl groups excluding tert-OH is 1. The van der Waals surface area contributed by atoms with Crippen LogP contribution in [0.5, 0.6) is 0 Å². The number of oxazole rings is 1. The molecule has 0 spiro atoms. The van der Waals surface area contributed by atoms with Gasteiger partial charge in [-0.1, -0.05) is 32.0 Å². The summed E-state index contributed by atoms with van der Waals surface area (Å²) in [6.45, 7) is 5.61. The van der Waals surface area contributed by atoms with Gasteiger partial charge in [-0.2, -0.15) is 0 Å². The molecule has 2 aromatic heterocycles. The second kappa shape index (κ2) is 13.9. The van der Waals surface area contributed by atoms with E-state index in [1.165, 1.54) is 13.2 Å². The predicted molar refractivity (Wildman–Crippen MR) is 152 cm³/mol. The van der Waals surface area contributed by atoms with E-state index in [0.717, 1.165) is 0 Å². The van der Waals surface area contributed by atoms with E-state index in [9.17, 15) is 24.3 Å². The largest absolute Gasteiger partial charge is 0.446 e. The van der Waals surface area contributed by atoms with E-state index in [1.54, 1.807) is 36.7 Å². The Morgan fingerprint density at radius 3 is 2.62 bits per heavy atom. The molecule has 4 atom stereocenters. The molecule has 0 saturated carbocycles. The average Bonchev–Trinajstić information content (AvgIpc) is 3.67. The SMILES string of the molecule is CC(C)C[C@@H]1NC(=O)[C@H]([C@@H](C)O)NC(=O)[C@@H](NC(=O)c2ccccc2-c2ncc[nH]2)CCCCNC(=O)c2coc1n2. The van der Waals surface area contributed by atoms with Gasteiger partial charge >= 0.3 is 0 Å². The number of hydrogen-bond acceptors (Lipinski definition) is 8. The predicted octanol–water partition coefficient (Wildman–Crippen LogP) is 1.85. The number of nitrogens with one attached hydrogen (secondary N) is 5. The Morgan fingerprint density at radius 2 is 1.90 bits per heavy atom. The quantitative estimate of drug-likeness (QED) is 0.255. The van der Waals surface area contributed by atoms with E-state index in [0.29, 0.717) is 42.8 Å². The highest BCUT2D eigenvalue weighted by molar-refractivity contribution is 6.02. The molecule has 6 N–H and O–H groups in total. The van der Waals surface area contributed by atoms with Crippen LogP contribution in [-0.4, -0.2) is 68.4 Å². The van der Waals surface area contributed by atoms with Crippen molar-refractivity contribution in [2.75, 3.05) is 6.54 Å². The first-order valence-electron chi connectivity index (χ1n) is 14.1. The lowest BCUT2D eigenvalue weighted by molar-refractivity contribution is -0.133. The van der Waals surface area contributed by atoms with E-state index >= 15 is 0 Å². The Balaban J connectivity index is 1.59. The van der Waals surface area contributed by atoms with Crippen LogP contribution in [0.4, 0.5) is 0 Å². The molecule has 2 bridgehead atoms. The number of benzene rings is 1. The molecule has 42 heavy (non-hydrogen) atoms. The second-order valence-electron chi connectivity index (χ2n) is 10.7. The summed E-state index contributed by atoms with van der Waals surface area (Å²) in [4.78, 5) is 64.4. The van der Waals surface area contributed by atoms with Crippen molar-refractivity contribution in [1.82, 2.24) is 36.2 Å². The van der Waals surface area contributed by atoms with Crippen LogP contribution in [0.25, 0.3) is 11.4 Å². The summed E-state index contributed by atoms with van der Waals surface area (Å²) in [7, 11) is 0. The molecule has 1 aliphatic rings. The first-order chi connectivity index (χ1) is 20.1. The maximum atomic E-state index is 13.5. The molecule has 224 valence electrons. The van der Waals surface area contributed by atoms with Crippen molar-refractivity contribution >= 4 is 23.6 Å². The average molecular weight is 580 g/mol. The number of aliphatic hydroxyl groups is 1. The van der Waals surface area contributed by atoms with Crippen molar-refractivity contribution in [2.24, 2.45) is 5.92 Å². The van der Waals surface area contributed by atoms with Gasteiger partial charge in [0.25, 0.3) is 11.8 Å². The smallest absolute Gasteiger partial charge is 0.273 e. The van der Waals surface area contributed by atoms with Crippen LogP contribution in [0.3, 0.4) is 0 Å². The van der Waals surface area contributed by atoms with Crippen LogP contribution in [0, 0.1) is 5.92 Å². The van der Waals surface area contributed by atoms with E-state index in [1.807, 2.05) is 13.8 Å². The number of aromatic amines is 1. The van der Waals surface area contributed by atoms with Crippen molar-refractivity contribution in [1.29, 1.82) is 0 Å². The van der Waals surface area contributed by atoms with E-state index in [-0.39, 0.29) is 23.9 Å². The highest BCUT2D eigenvalue weighted by atomic mass is 16.3. The van der Waals surface area contributed by atoms with Gasteiger partial charge in [0.15, 0.2) is 5.69 Å². The molecule has 1 aromatic carbocycles. The highest BCUT2D eigenvalue weighted by Crippen LogP contribution is 2.22. The first kappa shape index (κ1) is 30.4. The number of nitrogens with zero attached hydrogens (tertiary/aromatic N) is 2. The summed E-state index contributed by atoms with van der Waals surface area (Å²) in [6, 6.07) is 3.79. The third kappa shape index (κ3) is 7.60. The first-order valence-corrected chi connectivity index (χ1v) is 14.1. The van der Waals surface area contributed by atoms with Gasteiger partial charge in [-0.25, -0.2) is 9.97 Å². The summed E-state index contributed by atoms with van der Waals surface area (Å²) in [5.41, 5.74) is 0.953. The minimum absolute atomic E-state index is 0.0841. The summed E-state index contributed by atoms with van der Waals surface area (Å²) in [5.74, 6) is -1.45. The van der Waals surface area contributed by atoms with Gasteiger partial charge in [0, 0.05) is 24.5 Å². The lowest BCUT2D eigenvalue weighted by Gasteiger charge is -2.27. The third-order valence-electron chi connectivity index (χ3n) is 6.89. The monoisotopic (exact) mass is 579 g/mol. The molecule has 0 saturated heterocycles. The summed E-state index contributed by atoms with van der Waals surface area (Å²) in [6.07, 6.45) is 4.82. The summed E-state index contributed by atoms with van der Waals surface area (Å²) >= 11 is 0. The molecule has 13 heteroatoms. The van der Waals surface area contributed by atoms with E-state index in [4.69, 9.17) is 4.42 Å². The molecule has 4 amide bonds. The number of H-pyrrole nitrogens is 1. The zero-order valence-electron chi connectivity index (χ0n) is 23.8. The van der Waals surface area contributed by atoms with Crippen LogP contribution in [0.2, 0.25) is 0 Å². The molecule has 0 unspecified atom stereocenters. The number of hydrogen-bond donors (Lipinski definition) is 6. The number of carbonyl (C=O) groups excluding carboxylic acids is 4. The number of rotatable bonds is 6. The van der Waals surface area contributed by atoms with Crippen LogP contribution in [0.1, 0.15) is 79.2 Å². The molecule has 3 heterocycles. The lowest BCUT2D eigenvalue weighted by atomic mass is 10.0. The minimum Gasteiger partial charge on any atom is -0.446 e. The maximum Gasteiger partial charge on any atom is 0.273 e. The Bertz CT molecular complexity index is 1380. The number of imidazole rings is 1. The Morgan fingerprint density at radius 1 is 1.12 bits per heavy atom. The summed E-state index contributed by atoms with van der Waals surface area (Å²) in [5, 5.41) is 21.5. The molecule has 0 aliphatic carbocycles. The number of aromatic nitrogens is 3. The van der Waals surface area contributed by atoms with E-state index < -0.39 is 47.9 Å². The minimum atomic E-state index is -1.33. The lowest BCUT2D eigenvalue weighted by Crippen LogP contribution is -2.57. The molecule has 0 fully saturated rings. The Labute approximate surface area is 243 Å². The molecular weight excluding hydrogens is 542 g/mol. The highest BCUT2D eigenvalue weighted by Gasteiger charge is 2.33. The topological polar surface area (TPSA) is 191 Å².